The third-order valence-corrected chi connectivity index (χ3v) is 6.30. The quantitative estimate of drug-likeness (QED) is 0.252. The SMILES string of the molecule is C#Cc1cnccc1-c1cc(Cl)c(C(=O)Nc2cnc(-n3nccn3)c(Cl)c2)cc1-c1ccc(Cl)cc1. The minimum atomic E-state index is -0.443. The van der Waals surface area contributed by atoms with E-state index in [4.69, 9.17) is 41.2 Å². The second-order valence-electron chi connectivity index (χ2n) is 7.75. The van der Waals surface area contributed by atoms with Crippen LogP contribution in [0.4, 0.5) is 5.69 Å². The number of hydrogen-bond acceptors (Lipinski definition) is 5. The van der Waals surface area contributed by atoms with Gasteiger partial charge < -0.3 is 5.32 Å². The molecule has 0 aliphatic rings. The number of terminal acetylenes is 1. The topological polar surface area (TPSA) is 85.6 Å². The van der Waals surface area contributed by atoms with Crippen molar-refractivity contribution in [3.63, 3.8) is 0 Å². The number of nitrogens with zero attached hydrogens (tertiary/aromatic N) is 5. The van der Waals surface area contributed by atoms with Gasteiger partial charge in [-0.1, -0.05) is 52.9 Å². The number of anilines is 1. The first-order valence-electron chi connectivity index (χ1n) is 10.8. The molecule has 0 aliphatic carbocycles. The van der Waals surface area contributed by atoms with Gasteiger partial charge in [-0.2, -0.15) is 10.2 Å². The van der Waals surface area contributed by atoms with Crippen molar-refractivity contribution in [2.75, 3.05) is 5.32 Å². The van der Waals surface area contributed by atoms with E-state index in [0.29, 0.717) is 22.1 Å². The van der Waals surface area contributed by atoms with Gasteiger partial charge in [-0.15, -0.1) is 11.2 Å². The Morgan fingerprint density at radius 1 is 0.865 bits per heavy atom. The molecule has 0 radical (unpaired) electrons. The molecule has 37 heavy (non-hydrogen) atoms. The van der Waals surface area contributed by atoms with Gasteiger partial charge in [0.25, 0.3) is 5.91 Å². The first-order chi connectivity index (χ1) is 17.9. The van der Waals surface area contributed by atoms with Crippen LogP contribution in [-0.2, 0) is 0 Å². The van der Waals surface area contributed by atoms with Crippen molar-refractivity contribution in [1.82, 2.24) is 25.0 Å². The van der Waals surface area contributed by atoms with Crippen molar-refractivity contribution < 1.29 is 4.79 Å². The largest absolute Gasteiger partial charge is 0.320 e. The number of amides is 1. The van der Waals surface area contributed by atoms with Gasteiger partial charge in [0.2, 0.25) is 0 Å². The Hall–Kier alpha value is -4.22. The first kappa shape index (κ1) is 24.5. The van der Waals surface area contributed by atoms with Crippen LogP contribution in [-0.4, -0.2) is 30.9 Å². The van der Waals surface area contributed by atoms with Gasteiger partial charge in [-0.3, -0.25) is 9.78 Å². The maximum atomic E-state index is 13.3. The maximum absolute atomic E-state index is 13.3. The zero-order chi connectivity index (χ0) is 25.9. The summed E-state index contributed by atoms with van der Waals surface area (Å²) in [5.74, 6) is 2.54. The Labute approximate surface area is 227 Å². The van der Waals surface area contributed by atoms with Crippen molar-refractivity contribution in [2.24, 2.45) is 0 Å². The molecule has 0 aliphatic heterocycles. The van der Waals surface area contributed by atoms with Crippen LogP contribution < -0.4 is 5.32 Å². The van der Waals surface area contributed by atoms with Gasteiger partial charge in [0.05, 0.1) is 45.5 Å². The zero-order valence-electron chi connectivity index (χ0n) is 18.9. The normalized spacial score (nSPS) is 10.6. The number of carbonyl (C=O) groups is 1. The molecular weight excluding hydrogens is 531 g/mol. The highest BCUT2D eigenvalue weighted by Crippen LogP contribution is 2.38. The smallest absolute Gasteiger partial charge is 0.257 e. The van der Waals surface area contributed by atoms with Crippen molar-refractivity contribution >= 4 is 46.4 Å². The summed E-state index contributed by atoms with van der Waals surface area (Å²) < 4.78 is 0. The van der Waals surface area contributed by atoms with Crippen LogP contribution in [0.5, 0.6) is 0 Å². The number of halogens is 3. The van der Waals surface area contributed by atoms with Crippen molar-refractivity contribution in [3.8, 4) is 40.4 Å². The van der Waals surface area contributed by atoms with Crippen LogP contribution in [0.3, 0.4) is 0 Å². The van der Waals surface area contributed by atoms with Gasteiger partial charge in [0.15, 0.2) is 5.82 Å². The molecule has 3 aromatic heterocycles. The second-order valence-corrected chi connectivity index (χ2v) is 9.00. The van der Waals surface area contributed by atoms with Crippen LogP contribution >= 0.6 is 34.8 Å². The number of carbonyl (C=O) groups excluding carboxylic acids is 1. The van der Waals surface area contributed by atoms with Gasteiger partial charge >= 0.3 is 0 Å². The number of nitrogens with one attached hydrogen (secondary N) is 1. The third-order valence-electron chi connectivity index (χ3n) is 5.46. The Kier molecular flexibility index (Phi) is 6.89. The molecule has 0 unspecified atom stereocenters. The molecule has 10 heteroatoms. The van der Waals surface area contributed by atoms with Crippen molar-refractivity contribution in [3.05, 3.63) is 106 Å². The highest BCUT2D eigenvalue weighted by Gasteiger charge is 2.19. The van der Waals surface area contributed by atoms with E-state index in [1.807, 2.05) is 18.2 Å². The average Bonchev–Trinajstić information content (AvgIpc) is 3.44. The van der Waals surface area contributed by atoms with Gasteiger partial charge in [0.1, 0.15) is 0 Å². The van der Waals surface area contributed by atoms with Gasteiger partial charge in [0, 0.05) is 23.0 Å². The number of aromatic nitrogens is 5. The molecule has 3 heterocycles. The molecule has 1 N–H and O–H groups in total. The number of rotatable bonds is 5. The van der Waals surface area contributed by atoms with E-state index in [2.05, 4.69) is 31.4 Å². The number of pyridine rings is 2. The minimum absolute atomic E-state index is 0.237. The van der Waals surface area contributed by atoms with Gasteiger partial charge in [-0.05, 0) is 53.1 Å². The molecule has 0 atom stereocenters. The second kappa shape index (κ2) is 10.4. The predicted octanol–water partition coefficient (Wildman–Crippen LogP) is 6.59. The van der Waals surface area contributed by atoms with E-state index in [0.717, 1.165) is 22.3 Å². The first-order valence-corrected chi connectivity index (χ1v) is 11.9. The van der Waals surface area contributed by atoms with E-state index < -0.39 is 5.91 Å². The Balaban J connectivity index is 1.56. The lowest BCUT2D eigenvalue weighted by molar-refractivity contribution is 0.102. The third kappa shape index (κ3) is 5.04. The summed E-state index contributed by atoms with van der Waals surface area (Å²) in [6.07, 6.45) is 13.5. The van der Waals surface area contributed by atoms with Crippen LogP contribution in [0.2, 0.25) is 15.1 Å². The summed E-state index contributed by atoms with van der Waals surface area (Å²) in [5.41, 5.74) is 4.30. The Morgan fingerprint density at radius 3 is 2.32 bits per heavy atom. The number of hydrogen-bond donors (Lipinski definition) is 1. The Morgan fingerprint density at radius 2 is 1.62 bits per heavy atom. The van der Waals surface area contributed by atoms with Crippen LogP contribution in [0.15, 0.2) is 79.5 Å². The molecule has 0 saturated heterocycles. The summed E-state index contributed by atoms with van der Waals surface area (Å²) in [7, 11) is 0. The lowest BCUT2D eigenvalue weighted by Gasteiger charge is -2.16. The summed E-state index contributed by atoms with van der Waals surface area (Å²) in [5, 5.41) is 11.9. The molecule has 0 fully saturated rings. The molecule has 2 aromatic carbocycles. The van der Waals surface area contributed by atoms with Crippen LogP contribution in [0, 0.1) is 12.3 Å². The standard InChI is InChI=1S/C27H15Cl3N6O/c1-2-16-14-31-8-7-20(16)22-13-24(29)23(12-21(22)17-3-5-18(28)6-4-17)27(37)35-19-11-25(30)26(32-15-19)36-33-9-10-34-36/h1,3-15H,(H,35,37). The summed E-state index contributed by atoms with van der Waals surface area (Å²) in [6, 6.07) is 14.1. The van der Waals surface area contributed by atoms with Crippen molar-refractivity contribution in [1.29, 1.82) is 0 Å². The maximum Gasteiger partial charge on any atom is 0.257 e. The minimum Gasteiger partial charge on any atom is -0.320 e. The Bertz CT molecular complexity index is 1660. The van der Waals surface area contributed by atoms with Crippen LogP contribution in [0.25, 0.3) is 28.1 Å². The monoisotopic (exact) mass is 544 g/mol. The highest BCUT2D eigenvalue weighted by atomic mass is 35.5. The van der Waals surface area contributed by atoms with Gasteiger partial charge in [-0.25, -0.2) is 4.98 Å². The predicted molar refractivity (Wildman–Crippen MR) is 145 cm³/mol. The lowest BCUT2D eigenvalue weighted by Crippen LogP contribution is -2.14. The molecule has 0 spiro atoms. The highest BCUT2D eigenvalue weighted by molar-refractivity contribution is 6.35. The fourth-order valence-electron chi connectivity index (χ4n) is 3.75. The van der Waals surface area contributed by atoms with Crippen LogP contribution in [0.1, 0.15) is 15.9 Å². The molecular formula is C27H15Cl3N6O. The molecule has 5 rings (SSSR count). The molecule has 1 amide bonds. The number of benzene rings is 2. The molecule has 7 nitrogen and oxygen atoms in total. The summed E-state index contributed by atoms with van der Waals surface area (Å²) in [6.45, 7) is 0. The van der Waals surface area contributed by atoms with E-state index in [1.165, 1.54) is 23.4 Å². The lowest BCUT2D eigenvalue weighted by atomic mass is 9.91. The van der Waals surface area contributed by atoms with E-state index in [-0.39, 0.29) is 15.6 Å². The zero-order valence-corrected chi connectivity index (χ0v) is 21.1. The molecule has 0 saturated carbocycles. The molecule has 180 valence electrons. The van der Waals surface area contributed by atoms with E-state index >= 15 is 0 Å². The summed E-state index contributed by atoms with van der Waals surface area (Å²) in [4.78, 5) is 23.0. The van der Waals surface area contributed by atoms with E-state index in [1.54, 1.807) is 42.7 Å². The molecule has 0 bridgehead atoms. The van der Waals surface area contributed by atoms with E-state index in [9.17, 15) is 4.79 Å². The fourth-order valence-corrected chi connectivity index (χ4v) is 4.37. The molecule has 5 aromatic rings. The summed E-state index contributed by atoms with van der Waals surface area (Å²) >= 11 is 19.1. The fraction of sp³-hybridized carbons (Fsp3) is 0. The van der Waals surface area contributed by atoms with Crippen molar-refractivity contribution in [2.45, 2.75) is 0 Å². The average molecular weight is 546 g/mol.